The molecule has 39 heavy (non-hydrogen) atoms. The maximum atomic E-state index is 13.4. The average molecular weight is 557 g/mol. The van der Waals surface area contributed by atoms with Crippen molar-refractivity contribution in [1.82, 2.24) is 9.71 Å². The molecule has 0 fully saturated rings. The van der Waals surface area contributed by atoms with Gasteiger partial charge in [0.2, 0.25) is 21.8 Å². The molecule has 1 heterocycles. The van der Waals surface area contributed by atoms with E-state index >= 15 is 0 Å². The van der Waals surface area contributed by atoms with E-state index in [0.717, 1.165) is 16.5 Å². The molecule has 0 spiro atoms. The van der Waals surface area contributed by atoms with Gasteiger partial charge in [0.25, 0.3) is 0 Å². The number of primary amides is 1. The van der Waals surface area contributed by atoms with Gasteiger partial charge in [-0.05, 0) is 50.6 Å². The molecule has 0 bridgehead atoms. The smallest absolute Gasteiger partial charge is 0.325 e. The molecule has 11 nitrogen and oxygen atoms in total. The van der Waals surface area contributed by atoms with Crippen LogP contribution in [0.25, 0.3) is 10.9 Å². The molecule has 2 aromatic carbocycles. The van der Waals surface area contributed by atoms with Crippen LogP contribution in [0.15, 0.2) is 59.6 Å². The number of carbonyl (C=O) groups excluding carboxylic acids is 3. The van der Waals surface area contributed by atoms with E-state index in [1.165, 1.54) is 25.1 Å². The highest BCUT2D eigenvalue weighted by molar-refractivity contribution is 7.89. The molecule has 3 rings (SSSR count). The Morgan fingerprint density at radius 1 is 1.08 bits per heavy atom. The summed E-state index contributed by atoms with van der Waals surface area (Å²) in [7, 11) is -4.42. The molecule has 208 valence electrons. The van der Waals surface area contributed by atoms with Crippen LogP contribution in [-0.2, 0) is 35.6 Å². The molecule has 0 aliphatic heterocycles. The standard InChI is InChI=1S/C27H32N4O7S/c1-17(32)30-19-10-11-24(39(35,36)31-22(16-25(28)33)26(34)38-27(2,3)4)23(15-19)37-14-12-18-7-5-9-21-20(18)8-6-13-29-21/h5-11,13,15,22,31H,12,14,16H2,1-4H3,(H2,28,33)(H,30,32)/t22-/m0/s1. The van der Waals surface area contributed by atoms with Crippen LogP contribution in [0.3, 0.4) is 0 Å². The second-order valence-corrected chi connectivity index (χ2v) is 11.5. The lowest BCUT2D eigenvalue weighted by Crippen LogP contribution is -2.46. The van der Waals surface area contributed by atoms with Crippen molar-refractivity contribution in [2.75, 3.05) is 11.9 Å². The van der Waals surface area contributed by atoms with Gasteiger partial charge in [-0.3, -0.25) is 19.4 Å². The molecule has 12 heteroatoms. The Kier molecular flexibility index (Phi) is 9.25. The first-order chi connectivity index (χ1) is 18.2. The summed E-state index contributed by atoms with van der Waals surface area (Å²) in [5.41, 5.74) is 6.41. The van der Waals surface area contributed by atoms with Crippen LogP contribution < -0.4 is 20.5 Å². The van der Waals surface area contributed by atoms with Gasteiger partial charge in [-0.2, -0.15) is 4.72 Å². The van der Waals surface area contributed by atoms with E-state index < -0.39 is 40.0 Å². The molecular formula is C27H32N4O7S. The molecule has 0 radical (unpaired) electrons. The van der Waals surface area contributed by atoms with Crippen LogP contribution in [0.4, 0.5) is 5.69 Å². The molecule has 3 aromatic rings. The zero-order valence-electron chi connectivity index (χ0n) is 22.2. The number of fused-ring (bicyclic) bond motifs is 1. The van der Waals surface area contributed by atoms with Gasteiger partial charge in [0.15, 0.2) is 0 Å². The number of carbonyl (C=O) groups is 3. The molecule has 0 aliphatic rings. The summed E-state index contributed by atoms with van der Waals surface area (Å²) in [5, 5.41) is 3.53. The van der Waals surface area contributed by atoms with Gasteiger partial charge in [0.05, 0.1) is 18.5 Å². The number of hydrogen-bond donors (Lipinski definition) is 3. The quantitative estimate of drug-likeness (QED) is 0.303. The van der Waals surface area contributed by atoms with Gasteiger partial charge >= 0.3 is 5.97 Å². The number of esters is 1. The Hall–Kier alpha value is -4.03. The van der Waals surface area contributed by atoms with Crippen LogP contribution >= 0.6 is 0 Å². The van der Waals surface area contributed by atoms with Crippen molar-refractivity contribution in [1.29, 1.82) is 0 Å². The number of aromatic nitrogens is 1. The van der Waals surface area contributed by atoms with E-state index in [2.05, 4.69) is 15.0 Å². The Balaban J connectivity index is 1.90. The average Bonchev–Trinajstić information content (AvgIpc) is 2.82. The normalized spacial score (nSPS) is 12.5. The number of pyridine rings is 1. The van der Waals surface area contributed by atoms with Crippen LogP contribution in [0, 0.1) is 0 Å². The van der Waals surface area contributed by atoms with Crippen LogP contribution in [0.5, 0.6) is 5.75 Å². The number of hydrogen-bond acceptors (Lipinski definition) is 8. The number of sulfonamides is 1. The van der Waals surface area contributed by atoms with Gasteiger partial charge in [-0.15, -0.1) is 0 Å². The van der Waals surface area contributed by atoms with Gasteiger partial charge in [-0.1, -0.05) is 18.2 Å². The molecule has 0 aliphatic carbocycles. The lowest BCUT2D eigenvalue weighted by Gasteiger charge is -2.24. The summed E-state index contributed by atoms with van der Waals surface area (Å²) >= 11 is 0. The zero-order valence-corrected chi connectivity index (χ0v) is 23.0. The predicted molar refractivity (Wildman–Crippen MR) is 145 cm³/mol. The minimum atomic E-state index is -4.42. The van der Waals surface area contributed by atoms with Crippen molar-refractivity contribution in [3.63, 3.8) is 0 Å². The lowest BCUT2D eigenvalue weighted by atomic mass is 10.1. The summed E-state index contributed by atoms with van der Waals surface area (Å²) in [5.74, 6) is -2.26. The maximum Gasteiger partial charge on any atom is 0.325 e. The molecule has 1 aromatic heterocycles. The van der Waals surface area contributed by atoms with Crippen molar-refractivity contribution in [2.45, 2.75) is 57.1 Å². The summed E-state index contributed by atoms with van der Waals surface area (Å²) in [6.45, 7) is 6.24. The number of nitrogens with one attached hydrogen (secondary N) is 2. The van der Waals surface area contributed by atoms with E-state index in [1.807, 2.05) is 30.3 Å². The highest BCUT2D eigenvalue weighted by atomic mass is 32.2. The van der Waals surface area contributed by atoms with Gasteiger partial charge in [-0.25, -0.2) is 8.42 Å². The summed E-state index contributed by atoms with van der Waals surface area (Å²) in [4.78, 5) is 39.9. The van der Waals surface area contributed by atoms with Crippen molar-refractivity contribution >= 4 is 44.4 Å². The number of nitrogens with zero attached hydrogens (tertiary/aromatic N) is 1. The highest BCUT2D eigenvalue weighted by Crippen LogP contribution is 2.29. The SMILES string of the molecule is CC(=O)Nc1ccc(S(=O)(=O)N[C@@H](CC(N)=O)C(=O)OC(C)(C)C)c(OCCc2cccc3ncccc23)c1. The van der Waals surface area contributed by atoms with E-state index in [-0.39, 0.29) is 23.2 Å². The van der Waals surface area contributed by atoms with E-state index in [1.54, 1.807) is 27.0 Å². The van der Waals surface area contributed by atoms with E-state index in [4.69, 9.17) is 15.2 Å². The van der Waals surface area contributed by atoms with Crippen LogP contribution in [-0.4, -0.2) is 49.4 Å². The monoisotopic (exact) mass is 556 g/mol. The summed E-state index contributed by atoms with van der Waals surface area (Å²) in [6, 6.07) is 11.9. The number of anilines is 1. The number of benzene rings is 2. The number of nitrogens with two attached hydrogens (primary N) is 1. The third-order valence-electron chi connectivity index (χ3n) is 5.31. The number of amides is 2. The fourth-order valence-electron chi connectivity index (χ4n) is 3.78. The van der Waals surface area contributed by atoms with Crippen molar-refractivity contribution in [2.24, 2.45) is 5.73 Å². The third-order valence-corrected chi connectivity index (χ3v) is 6.82. The maximum absolute atomic E-state index is 13.4. The minimum absolute atomic E-state index is 0.0610. The number of ether oxygens (including phenoxy) is 2. The first-order valence-corrected chi connectivity index (χ1v) is 13.6. The Morgan fingerprint density at radius 3 is 2.49 bits per heavy atom. The third kappa shape index (κ3) is 8.48. The molecule has 2 amide bonds. The van der Waals surface area contributed by atoms with Crippen molar-refractivity contribution in [3.8, 4) is 5.75 Å². The van der Waals surface area contributed by atoms with Crippen LogP contribution in [0.2, 0.25) is 0 Å². The van der Waals surface area contributed by atoms with E-state index in [9.17, 15) is 22.8 Å². The number of rotatable bonds is 11. The molecular weight excluding hydrogens is 524 g/mol. The summed E-state index contributed by atoms with van der Waals surface area (Å²) < 4.78 is 40.2. The largest absolute Gasteiger partial charge is 0.492 e. The first kappa shape index (κ1) is 29.5. The highest BCUT2D eigenvalue weighted by Gasteiger charge is 2.32. The fraction of sp³-hybridized carbons (Fsp3) is 0.333. The van der Waals surface area contributed by atoms with Gasteiger partial charge < -0.3 is 20.5 Å². The van der Waals surface area contributed by atoms with Gasteiger partial charge in [0, 0.05) is 36.7 Å². The Morgan fingerprint density at radius 2 is 1.82 bits per heavy atom. The molecule has 0 unspecified atom stereocenters. The predicted octanol–water partition coefficient (Wildman–Crippen LogP) is 2.68. The molecule has 4 N–H and O–H groups in total. The molecule has 0 saturated carbocycles. The summed E-state index contributed by atoms with van der Waals surface area (Å²) in [6.07, 6.45) is 1.52. The first-order valence-electron chi connectivity index (χ1n) is 12.2. The minimum Gasteiger partial charge on any atom is -0.492 e. The topological polar surface area (TPSA) is 167 Å². The van der Waals surface area contributed by atoms with E-state index in [0.29, 0.717) is 12.1 Å². The van der Waals surface area contributed by atoms with Crippen molar-refractivity contribution < 1.29 is 32.3 Å². The second kappa shape index (κ2) is 12.2. The van der Waals surface area contributed by atoms with Crippen LogP contribution in [0.1, 0.15) is 39.7 Å². The molecule has 0 saturated heterocycles. The Labute approximate surface area is 227 Å². The molecule has 1 atom stereocenters. The fourth-order valence-corrected chi connectivity index (χ4v) is 5.09. The second-order valence-electron chi connectivity index (χ2n) is 9.81. The lowest BCUT2D eigenvalue weighted by molar-refractivity contribution is -0.157. The van der Waals surface area contributed by atoms with Crippen molar-refractivity contribution in [3.05, 3.63) is 60.3 Å². The Bertz CT molecular complexity index is 1480. The zero-order chi connectivity index (χ0) is 28.8. The van der Waals surface area contributed by atoms with Gasteiger partial charge in [0.1, 0.15) is 22.3 Å².